The summed E-state index contributed by atoms with van der Waals surface area (Å²) in [5.41, 5.74) is 12.4. The van der Waals surface area contributed by atoms with Gasteiger partial charge in [0.15, 0.2) is 0 Å². The molecule has 0 unspecified atom stereocenters. The van der Waals surface area contributed by atoms with E-state index >= 15 is 0 Å². The lowest BCUT2D eigenvalue weighted by atomic mass is 9.96. The molecular weight excluding hydrogens is 544 g/mol. The fraction of sp³-hybridized carbons (Fsp3) is 0.263. The largest absolute Gasteiger partial charge is 0.313 e. The van der Waals surface area contributed by atoms with E-state index in [1.54, 1.807) is 9.80 Å². The SMILES string of the molecule is Cc1cc(C)c2c(c1)C(c1ccccc1)=N[C@@H](C)C(=O)N2C.Cc1cc(C)c2c(c1)C(c1ccccc1)=N[C@@H](C)C(=O)N2C. The van der Waals surface area contributed by atoms with E-state index in [0.717, 1.165) is 56.2 Å². The van der Waals surface area contributed by atoms with Crippen molar-refractivity contribution in [2.45, 2.75) is 53.6 Å². The van der Waals surface area contributed by atoms with E-state index in [2.05, 4.69) is 38.1 Å². The van der Waals surface area contributed by atoms with Crippen molar-refractivity contribution in [1.82, 2.24) is 0 Å². The van der Waals surface area contributed by atoms with Gasteiger partial charge in [-0.05, 0) is 64.8 Å². The quantitative estimate of drug-likeness (QED) is 0.254. The summed E-state index contributed by atoms with van der Waals surface area (Å²) in [6.07, 6.45) is 0. The maximum atomic E-state index is 12.5. The van der Waals surface area contributed by atoms with E-state index < -0.39 is 0 Å². The molecule has 2 atom stereocenters. The Hall–Kier alpha value is -4.84. The molecule has 6 nitrogen and oxygen atoms in total. The summed E-state index contributed by atoms with van der Waals surface area (Å²) in [7, 11) is 3.67. The average molecular weight is 585 g/mol. The number of aryl methyl sites for hydroxylation is 4. The number of benzodiazepines with no additional fused rings is 2. The summed E-state index contributed by atoms with van der Waals surface area (Å²) >= 11 is 0. The first-order valence-corrected chi connectivity index (χ1v) is 15.0. The van der Waals surface area contributed by atoms with Gasteiger partial charge in [-0.2, -0.15) is 0 Å². The maximum Gasteiger partial charge on any atom is 0.251 e. The van der Waals surface area contributed by atoms with Crippen LogP contribution in [0.2, 0.25) is 0 Å². The van der Waals surface area contributed by atoms with Gasteiger partial charge in [0.2, 0.25) is 0 Å². The number of nitrogens with zero attached hydrogens (tertiary/aromatic N) is 4. The maximum absolute atomic E-state index is 12.5. The van der Waals surface area contributed by atoms with Crippen molar-refractivity contribution in [2.24, 2.45) is 9.98 Å². The average Bonchev–Trinajstić information content (AvgIpc) is 3.16. The Bertz CT molecular complexity index is 1660. The summed E-state index contributed by atoms with van der Waals surface area (Å²) in [4.78, 5) is 38.0. The van der Waals surface area contributed by atoms with Crippen molar-refractivity contribution in [3.8, 4) is 0 Å². The molecule has 0 saturated heterocycles. The molecule has 224 valence electrons. The van der Waals surface area contributed by atoms with Crippen molar-refractivity contribution < 1.29 is 9.59 Å². The van der Waals surface area contributed by atoms with Gasteiger partial charge in [-0.3, -0.25) is 19.6 Å². The topological polar surface area (TPSA) is 65.3 Å². The fourth-order valence-electron chi connectivity index (χ4n) is 6.24. The molecule has 4 aromatic carbocycles. The number of fused-ring (bicyclic) bond motifs is 2. The Morgan fingerprint density at radius 1 is 0.545 bits per heavy atom. The zero-order valence-electron chi connectivity index (χ0n) is 26.8. The predicted molar refractivity (Wildman–Crippen MR) is 182 cm³/mol. The predicted octanol–water partition coefficient (Wildman–Crippen LogP) is 7.01. The Balaban J connectivity index is 0.000000175. The highest BCUT2D eigenvalue weighted by Gasteiger charge is 2.30. The van der Waals surface area contributed by atoms with Crippen LogP contribution < -0.4 is 9.80 Å². The van der Waals surface area contributed by atoms with Crippen molar-refractivity contribution in [3.05, 3.63) is 129 Å². The number of benzene rings is 4. The smallest absolute Gasteiger partial charge is 0.251 e. The number of hydrogen-bond acceptors (Lipinski definition) is 4. The van der Waals surface area contributed by atoms with E-state index in [0.29, 0.717) is 0 Å². The molecule has 0 saturated carbocycles. The summed E-state index contributed by atoms with van der Waals surface area (Å²) < 4.78 is 0. The molecule has 2 aliphatic heterocycles. The minimum Gasteiger partial charge on any atom is -0.313 e. The molecule has 0 fully saturated rings. The van der Waals surface area contributed by atoms with E-state index in [1.165, 1.54) is 11.1 Å². The molecule has 0 aliphatic carbocycles. The third-order valence-electron chi connectivity index (χ3n) is 8.19. The van der Waals surface area contributed by atoms with Crippen LogP contribution in [0, 0.1) is 27.7 Å². The first-order valence-electron chi connectivity index (χ1n) is 15.0. The number of carbonyl (C=O) groups excluding carboxylic acids is 2. The molecule has 4 aromatic rings. The molecule has 6 rings (SSSR count). The minimum atomic E-state index is -0.382. The highest BCUT2D eigenvalue weighted by molar-refractivity contribution is 6.21. The Labute approximate surface area is 260 Å². The van der Waals surface area contributed by atoms with Crippen molar-refractivity contribution >= 4 is 34.6 Å². The molecule has 0 radical (unpaired) electrons. The lowest BCUT2D eigenvalue weighted by Gasteiger charge is -2.22. The van der Waals surface area contributed by atoms with Gasteiger partial charge in [0.1, 0.15) is 12.1 Å². The lowest BCUT2D eigenvalue weighted by Crippen LogP contribution is -2.33. The van der Waals surface area contributed by atoms with Crippen LogP contribution in [0.3, 0.4) is 0 Å². The number of aliphatic imine (C=N–C) groups is 2. The molecule has 0 aromatic heterocycles. The molecule has 2 aliphatic rings. The van der Waals surface area contributed by atoms with Crippen LogP contribution >= 0.6 is 0 Å². The molecule has 2 amide bonds. The number of hydrogen-bond donors (Lipinski definition) is 0. The van der Waals surface area contributed by atoms with E-state index in [-0.39, 0.29) is 23.9 Å². The van der Waals surface area contributed by atoms with Crippen LogP contribution in [0.25, 0.3) is 0 Å². The van der Waals surface area contributed by atoms with Gasteiger partial charge in [0, 0.05) is 36.3 Å². The first kappa shape index (κ1) is 30.6. The number of rotatable bonds is 2. The molecule has 0 spiro atoms. The van der Waals surface area contributed by atoms with Gasteiger partial charge in [-0.1, -0.05) is 83.9 Å². The van der Waals surface area contributed by atoms with Crippen LogP contribution in [0.5, 0.6) is 0 Å². The monoisotopic (exact) mass is 584 g/mol. The van der Waals surface area contributed by atoms with E-state index in [4.69, 9.17) is 9.98 Å². The summed E-state index contributed by atoms with van der Waals surface area (Å²) in [6.45, 7) is 12.0. The van der Waals surface area contributed by atoms with Crippen molar-refractivity contribution in [3.63, 3.8) is 0 Å². The summed E-state index contributed by atoms with van der Waals surface area (Å²) in [5.74, 6) is 0.0540. The van der Waals surface area contributed by atoms with Crippen molar-refractivity contribution in [2.75, 3.05) is 23.9 Å². The molecular formula is C38H40N4O2. The normalized spacial score (nSPS) is 17.8. The van der Waals surface area contributed by atoms with E-state index in [9.17, 15) is 9.59 Å². The first-order chi connectivity index (χ1) is 21.0. The lowest BCUT2D eigenvalue weighted by molar-refractivity contribution is -0.119. The van der Waals surface area contributed by atoms with Gasteiger partial charge >= 0.3 is 0 Å². The number of carbonyl (C=O) groups is 2. The second-order valence-electron chi connectivity index (χ2n) is 11.8. The number of amides is 2. The second-order valence-corrected chi connectivity index (χ2v) is 11.8. The van der Waals surface area contributed by atoms with Crippen molar-refractivity contribution in [1.29, 1.82) is 0 Å². The minimum absolute atomic E-state index is 0.0270. The zero-order valence-corrected chi connectivity index (χ0v) is 26.8. The third kappa shape index (κ3) is 5.85. The second kappa shape index (κ2) is 12.4. The number of likely N-dealkylation sites (N-methyl/N-ethyl adjacent to an activating group) is 2. The van der Waals surface area contributed by atoms with Gasteiger partial charge in [-0.25, -0.2) is 0 Å². The van der Waals surface area contributed by atoms with Gasteiger partial charge < -0.3 is 9.80 Å². The Morgan fingerprint density at radius 2 is 0.886 bits per heavy atom. The van der Waals surface area contributed by atoms with Crippen LogP contribution in [-0.4, -0.2) is 49.4 Å². The zero-order chi connectivity index (χ0) is 31.7. The molecule has 6 heteroatoms. The summed E-state index contributed by atoms with van der Waals surface area (Å²) in [6, 6.07) is 27.9. The van der Waals surface area contributed by atoms with Gasteiger partial charge in [0.25, 0.3) is 11.8 Å². The van der Waals surface area contributed by atoms with Crippen LogP contribution in [0.15, 0.2) is 94.9 Å². The van der Waals surface area contributed by atoms with Crippen LogP contribution in [-0.2, 0) is 9.59 Å². The highest BCUT2D eigenvalue weighted by atomic mass is 16.2. The molecule has 2 heterocycles. The molecule has 44 heavy (non-hydrogen) atoms. The fourth-order valence-corrected chi connectivity index (χ4v) is 6.24. The van der Waals surface area contributed by atoms with Gasteiger partial charge in [0.05, 0.1) is 22.8 Å². The van der Waals surface area contributed by atoms with Gasteiger partial charge in [-0.15, -0.1) is 0 Å². The highest BCUT2D eigenvalue weighted by Crippen LogP contribution is 2.33. The van der Waals surface area contributed by atoms with E-state index in [1.807, 2.05) is 102 Å². The molecule has 0 bridgehead atoms. The molecule has 0 N–H and O–H groups in total. The third-order valence-corrected chi connectivity index (χ3v) is 8.19. The van der Waals surface area contributed by atoms with Crippen LogP contribution in [0.1, 0.15) is 58.4 Å². The summed E-state index contributed by atoms with van der Waals surface area (Å²) in [5, 5.41) is 0. The standard InChI is InChI=1S/2C19H20N2O/c2*1-12-10-13(2)18-16(11-12)17(15-8-6-5-7-9-15)20-14(3)19(22)21(18)4/h2*5-11,14H,1-4H3/t2*14-/m00/s1. The van der Waals surface area contributed by atoms with Crippen LogP contribution in [0.4, 0.5) is 11.4 Å². The number of anilines is 2. The Kier molecular flexibility index (Phi) is 8.63. The Morgan fingerprint density at radius 3 is 1.23 bits per heavy atom.